The maximum absolute atomic E-state index is 6.57. The molecule has 2 aromatic heterocycles. The molecule has 4 aromatic rings. The normalized spacial score (nSPS) is 21.9. The summed E-state index contributed by atoms with van der Waals surface area (Å²) in [6.45, 7) is 4.19. The molecule has 0 saturated heterocycles. The largest absolute Gasteiger partial charge is 0.461 e. The number of aromatic nitrogens is 3. The van der Waals surface area contributed by atoms with Crippen molar-refractivity contribution in [3.05, 3.63) is 71.8 Å². The second-order valence-electron chi connectivity index (χ2n) is 9.43. The van der Waals surface area contributed by atoms with Crippen molar-refractivity contribution in [2.75, 3.05) is 5.32 Å². The first-order valence-corrected chi connectivity index (χ1v) is 11.6. The smallest absolute Gasteiger partial charge is 0.303 e. The standard InChI is InChI=1S/C27H28N4O/c1-17-3-9-21(10-4-17)28-25-14-13-23-26(30-25)31(22-11-5-18(2)6-12-22)27(29-23)32-24-16-19-7-8-20(24)15-19/h3-6,9-14,19-20,24H,7-8,15-16H2,1-2H3,(H,28,30). The van der Waals surface area contributed by atoms with Gasteiger partial charge in [0.15, 0.2) is 5.65 Å². The first-order chi connectivity index (χ1) is 15.6. The monoisotopic (exact) mass is 424 g/mol. The fourth-order valence-corrected chi connectivity index (χ4v) is 5.26. The van der Waals surface area contributed by atoms with Crippen molar-refractivity contribution in [1.29, 1.82) is 0 Å². The second-order valence-corrected chi connectivity index (χ2v) is 9.43. The van der Waals surface area contributed by atoms with Crippen LogP contribution in [0.15, 0.2) is 60.7 Å². The van der Waals surface area contributed by atoms with Gasteiger partial charge in [0, 0.05) is 5.69 Å². The average molecular weight is 425 g/mol. The SMILES string of the molecule is Cc1ccc(Nc2ccc3nc(OC4CC5CCC4C5)n(-c4ccc(C)cc4)c3n2)cc1. The molecule has 2 heterocycles. The number of ether oxygens (including phenoxy) is 1. The fourth-order valence-electron chi connectivity index (χ4n) is 5.26. The summed E-state index contributed by atoms with van der Waals surface area (Å²) in [5, 5.41) is 3.42. The zero-order chi connectivity index (χ0) is 21.7. The summed E-state index contributed by atoms with van der Waals surface area (Å²) < 4.78 is 8.64. The third-order valence-electron chi connectivity index (χ3n) is 7.02. The molecule has 2 aromatic carbocycles. The molecule has 0 spiro atoms. The molecule has 3 unspecified atom stereocenters. The number of pyridine rings is 1. The number of rotatable bonds is 5. The number of anilines is 2. The topological polar surface area (TPSA) is 52.0 Å². The molecular formula is C27H28N4O. The van der Waals surface area contributed by atoms with Gasteiger partial charge in [0.25, 0.3) is 0 Å². The van der Waals surface area contributed by atoms with Crippen LogP contribution in [0.25, 0.3) is 16.9 Å². The van der Waals surface area contributed by atoms with Crippen LogP contribution in [0.5, 0.6) is 6.01 Å². The molecule has 0 aliphatic heterocycles. The summed E-state index contributed by atoms with van der Waals surface area (Å²) in [4.78, 5) is 9.81. The summed E-state index contributed by atoms with van der Waals surface area (Å²) in [6, 6.07) is 21.5. The Kier molecular flexibility index (Phi) is 4.63. The molecule has 162 valence electrons. The van der Waals surface area contributed by atoms with E-state index in [9.17, 15) is 0 Å². The lowest BCUT2D eigenvalue weighted by molar-refractivity contribution is 0.124. The van der Waals surface area contributed by atoms with Crippen LogP contribution < -0.4 is 10.1 Å². The van der Waals surface area contributed by atoms with Gasteiger partial charge in [-0.15, -0.1) is 0 Å². The summed E-state index contributed by atoms with van der Waals surface area (Å²) in [7, 11) is 0. The van der Waals surface area contributed by atoms with Crippen LogP contribution in [-0.2, 0) is 0 Å². The van der Waals surface area contributed by atoms with Crippen LogP contribution in [0.4, 0.5) is 11.5 Å². The van der Waals surface area contributed by atoms with Crippen molar-refractivity contribution in [2.45, 2.75) is 45.6 Å². The van der Waals surface area contributed by atoms with Crippen molar-refractivity contribution < 1.29 is 4.74 Å². The summed E-state index contributed by atoms with van der Waals surface area (Å²) >= 11 is 0. The maximum atomic E-state index is 6.57. The van der Waals surface area contributed by atoms with E-state index < -0.39 is 0 Å². The molecule has 1 N–H and O–H groups in total. The Morgan fingerprint density at radius 3 is 2.28 bits per heavy atom. The van der Waals surface area contributed by atoms with Crippen LogP contribution in [-0.4, -0.2) is 20.6 Å². The Labute approximate surface area is 188 Å². The average Bonchev–Trinajstić information content (AvgIpc) is 3.50. The van der Waals surface area contributed by atoms with E-state index in [1.54, 1.807) is 0 Å². The van der Waals surface area contributed by atoms with Crippen molar-refractivity contribution >= 4 is 22.7 Å². The van der Waals surface area contributed by atoms with Gasteiger partial charge < -0.3 is 10.1 Å². The Bertz CT molecular complexity index is 1260. The van der Waals surface area contributed by atoms with E-state index in [2.05, 4.69) is 72.3 Å². The molecule has 2 saturated carbocycles. The molecule has 3 atom stereocenters. The van der Waals surface area contributed by atoms with E-state index >= 15 is 0 Å². The fraction of sp³-hybridized carbons (Fsp3) is 0.333. The number of nitrogens with one attached hydrogen (secondary N) is 1. The molecular weight excluding hydrogens is 396 g/mol. The highest BCUT2D eigenvalue weighted by Gasteiger charge is 2.41. The lowest BCUT2D eigenvalue weighted by Gasteiger charge is -2.22. The van der Waals surface area contributed by atoms with Gasteiger partial charge >= 0.3 is 6.01 Å². The minimum atomic E-state index is 0.264. The van der Waals surface area contributed by atoms with Crippen molar-refractivity contribution in [1.82, 2.24) is 14.5 Å². The van der Waals surface area contributed by atoms with Gasteiger partial charge in [-0.25, -0.2) is 9.55 Å². The Balaban J connectivity index is 1.41. The predicted octanol–water partition coefficient (Wildman–Crippen LogP) is 6.35. The van der Waals surface area contributed by atoms with Gasteiger partial charge in [0.05, 0.1) is 5.69 Å². The van der Waals surface area contributed by atoms with Crippen LogP contribution in [0, 0.1) is 25.7 Å². The number of imidazole rings is 1. The Hall–Kier alpha value is -3.34. The minimum Gasteiger partial charge on any atom is -0.461 e. The van der Waals surface area contributed by atoms with Crippen molar-refractivity contribution in [3.8, 4) is 11.7 Å². The van der Waals surface area contributed by atoms with Gasteiger partial charge in [-0.3, -0.25) is 0 Å². The number of benzene rings is 2. The molecule has 6 rings (SSSR count). The predicted molar refractivity (Wildman–Crippen MR) is 128 cm³/mol. The van der Waals surface area contributed by atoms with E-state index in [-0.39, 0.29) is 6.10 Å². The number of nitrogens with zero attached hydrogens (tertiary/aromatic N) is 3. The van der Waals surface area contributed by atoms with Gasteiger partial charge in [-0.05, 0) is 87.8 Å². The molecule has 5 nitrogen and oxygen atoms in total. The molecule has 2 aliphatic rings. The van der Waals surface area contributed by atoms with Crippen molar-refractivity contribution in [2.24, 2.45) is 11.8 Å². The molecule has 2 fully saturated rings. The number of hydrogen-bond donors (Lipinski definition) is 1. The van der Waals surface area contributed by atoms with Gasteiger partial charge in [0.2, 0.25) is 0 Å². The van der Waals surface area contributed by atoms with Crippen LogP contribution >= 0.6 is 0 Å². The summed E-state index contributed by atoms with van der Waals surface area (Å²) in [5.41, 5.74) is 6.16. The molecule has 2 aliphatic carbocycles. The Morgan fingerprint density at radius 2 is 1.59 bits per heavy atom. The van der Waals surface area contributed by atoms with Gasteiger partial charge in [0.1, 0.15) is 17.4 Å². The third-order valence-corrected chi connectivity index (χ3v) is 7.02. The molecule has 5 heteroatoms. The minimum absolute atomic E-state index is 0.264. The van der Waals surface area contributed by atoms with Gasteiger partial charge in [-0.2, -0.15) is 4.98 Å². The first-order valence-electron chi connectivity index (χ1n) is 11.6. The molecule has 0 amide bonds. The van der Waals surface area contributed by atoms with E-state index in [1.165, 1.54) is 30.4 Å². The second kappa shape index (κ2) is 7.66. The zero-order valence-corrected chi connectivity index (χ0v) is 18.6. The number of hydrogen-bond acceptors (Lipinski definition) is 4. The highest BCUT2D eigenvalue weighted by molar-refractivity contribution is 5.78. The van der Waals surface area contributed by atoms with Crippen LogP contribution in [0.2, 0.25) is 0 Å². The first kappa shape index (κ1) is 19.4. The maximum Gasteiger partial charge on any atom is 0.303 e. The molecule has 2 bridgehead atoms. The number of fused-ring (bicyclic) bond motifs is 3. The van der Waals surface area contributed by atoms with E-state index in [1.807, 2.05) is 12.1 Å². The highest BCUT2D eigenvalue weighted by Crippen LogP contribution is 2.46. The highest BCUT2D eigenvalue weighted by atomic mass is 16.5. The quantitative estimate of drug-likeness (QED) is 0.406. The van der Waals surface area contributed by atoms with Crippen molar-refractivity contribution in [3.63, 3.8) is 0 Å². The van der Waals surface area contributed by atoms with Gasteiger partial charge in [-0.1, -0.05) is 35.4 Å². The third kappa shape index (κ3) is 3.52. The van der Waals surface area contributed by atoms with Crippen LogP contribution in [0.1, 0.15) is 36.8 Å². The number of aryl methyl sites for hydroxylation is 2. The zero-order valence-electron chi connectivity index (χ0n) is 18.6. The van der Waals surface area contributed by atoms with E-state index in [0.29, 0.717) is 11.9 Å². The van der Waals surface area contributed by atoms with Crippen LogP contribution in [0.3, 0.4) is 0 Å². The molecule has 32 heavy (non-hydrogen) atoms. The summed E-state index contributed by atoms with van der Waals surface area (Å²) in [6.07, 6.45) is 5.35. The lowest BCUT2D eigenvalue weighted by Crippen LogP contribution is -2.24. The lowest BCUT2D eigenvalue weighted by atomic mass is 9.98. The van der Waals surface area contributed by atoms with E-state index in [4.69, 9.17) is 14.7 Å². The Morgan fingerprint density at radius 1 is 0.844 bits per heavy atom. The summed E-state index contributed by atoms with van der Waals surface area (Å²) in [5.74, 6) is 2.28. The van der Waals surface area contributed by atoms with E-state index in [0.717, 1.165) is 40.7 Å². The molecule has 0 radical (unpaired) electrons.